The molecule has 8 heteroatoms. The molecule has 2 rings (SSSR count). The van der Waals surface area contributed by atoms with Crippen LogP contribution < -0.4 is 10.1 Å². The molecule has 1 N–H and O–H groups in total. The number of alkyl halides is 3. The van der Waals surface area contributed by atoms with Crippen LogP contribution in [0.15, 0.2) is 34.9 Å². The molecule has 21 heavy (non-hydrogen) atoms. The Morgan fingerprint density at radius 1 is 1.29 bits per heavy atom. The molecule has 0 bridgehead atoms. The highest BCUT2D eigenvalue weighted by Gasteiger charge is 2.32. The zero-order valence-corrected chi connectivity index (χ0v) is 12.5. The van der Waals surface area contributed by atoms with Crippen molar-refractivity contribution in [3.8, 4) is 5.75 Å². The molecule has 0 spiro atoms. The molecule has 0 amide bonds. The second-order valence-corrected chi connectivity index (χ2v) is 5.05. The Morgan fingerprint density at radius 3 is 2.71 bits per heavy atom. The average molecular weight is 362 g/mol. The first kappa shape index (κ1) is 15.6. The number of benzene rings is 1. The van der Waals surface area contributed by atoms with E-state index in [1.165, 1.54) is 12.1 Å². The van der Waals surface area contributed by atoms with Gasteiger partial charge in [-0.1, -0.05) is 15.9 Å². The fraction of sp³-hybridized carbons (Fsp3) is 0.231. The van der Waals surface area contributed by atoms with Gasteiger partial charge in [-0.15, -0.1) is 13.2 Å². The fourth-order valence-corrected chi connectivity index (χ4v) is 1.98. The minimum absolute atomic E-state index is 0.229. The van der Waals surface area contributed by atoms with Crippen molar-refractivity contribution in [2.24, 2.45) is 0 Å². The van der Waals surface area contributed by atoms with Gasteiger partial charge in [0.1, 0.15) is 5.82 Å². The number of nitrogens with zero attached hydrogens (tertiary/aromatic N) is 2. The predicted octanol–water partition coefficient (Wildman–Crippen LogP) is 4.06. The standard InChI is InChI=1S/C13H11BrF3N3O/c1-8-18-5-4-10(20-8)7-19-11-3-2-9(14)6-12(11)21-13(15,16)17/h2-6,19H,7H2,1H3. The number of hydrogen-bond acceptors (Lipinski definition) is 4. The van der Waals surface area contributed by atoms with E-state index in [-0.39, 0.29) is 18.0 Å². The monoisotopic (exact) mass is 361 g/mol. The van der Waals surface area contributed by atoms with Crippen molar-refractivity contribution in [2.75, 3.05) is 5.32 Å². The third kappa shape index (κ3) is 4.89. The van der Waals surface area contributed by atoms with E-state index in [4.69, 9.17) is 0 Å². The normalized spacial score (nSPS) is 11.3. The van der Waals surface area contributed by atoms with Gasteiger partial charge in [0.15, 0.2) is 5.75 Å². The van der Waals surface area contributed by atoms with Crippen molar-refractivity contribution in [3.05, 3.63) is 46.5 Å². The summed E-state index contributed by atoms with van der Waals surface area (Å²) < 4.78 is 41.6. The minimum Gasteiger partial charge on any atom is -0.404 e. The van der Waals surface area contributed by atoms with Crippen molar-refractivity contribution in [1.29, 1.82) is 0 Å². The van der Waals surface area contributed by atoms with Crippen molar-refractivity contribution >= 4 is 21.6 Å². The molecule has 0 aliphatic carbocycles. The van der Waals surface area contributed by atoms with Crippen molar-refractivity contribution in [3.63, 3.8) is 0 Å². The molecule has 0 saturated heterocycles. The molecule has 0 atom stereocenters. The summed E-state index contributed by atoms with van der Waals surface area (Å²) in [4.78, 5) is 8.12. The number of halogens is 4. The Morgan fingerprint density at radius 2 is 2.05 bits per heavy atom. The van der Waals surface area contributed by atoms with E-state index in [2.05, 4.69) is 36.0 Å². The van der Waals surface area contributed by atoms with Gasteiger partial charge in [0.25, 0.3) is 0 Å². The van der Waals surface area contributed by atoms with Gasteiger partial charge in [0.2, 0.25) is 0 Å². The van der Waals surface area contributed by atoms with E-state index >= 15 is 0 Å². The number of aromatic nitrogens is 2. The second kappa shape index (κ2) is 6.30. The summed E-state index contributed by atoms with van der Waals surface area (Å²) in [6, 6.07) is 6.06. The third-order valence-corrected chi connectivity index (χ3v) is 2.96. The summed E-state index contributed by atoms with van der Waals surface area (Å²) in [5, 5.41) is 2.87. The van der Waals surface area contributed by atoms with E-state index in [0.717, 1.165) is 0 Å². The highest BCUT2D eigenvalue weighted by atomic mass is 79.9. The highest BCUT2D eigenvalue weighted by molar-refractivity contribution is 9.10. The van der Waals surface area contributed by atoms with Gasteiger partial charge in [-0.2, -0.15) is 0 Å². The lowest BCUT2D eigenvalue weighted by Gasteiger charge is -2.15. The van der Waals surface area contributed by atoms with Crippen LogP contribution >= 0.6 is 15.9 Å². The summed E-state index contributed by atoms with van der Waals surface area (Å²) in [5.41, 5.74) is 0.898. The molecule has 0 fully saturated rings. The predicted molar refractivity (Wildman–Crippen MR) is 74.9 cm³/mol. The molecule has 0 radical (unpaired) electrons. The maximum Gasteiger partial charge on any atom is 0.573 e. The van der Waals surface area contributed by atoms with Crippen molar-refractivity contribution in [1.82, 2.24) is 9.97 Å². The highest BCUT2D eigenvalue weighted by Crippen LogP contribution is 2.33. The lowest BCUT2D eigenvalue weighted by Crippen LogP contribution is -2.18. The van der Waals surface area contributed by atoms with E-state index in [1.54, 1.807) is 25.3 Å². The van der Waals surface area contributed by atoms with Gasteiger partial charge in [0, 0.05) is 10.7 Å². The lowest BCUT2D eigenvalue weighted by atomic mass is 10.3. The molecular weight excluding hydrogens is 351 g/mol. The number of anilines is 1. The van der Waals surface area contributed by atoms with Gasteiger partial charge in [0.05, 0.1) is 17.9 Å². The summed E-state index contributed by atoms with van der Waals surface area (Å²) in [6.45, 7) is 2.00. The first-order valence-corrected chi connectivity index (χ1v) is 6.70. The maximum atomic E-state index is 12.4. The number of ether oxygens (including phenoxy) is 1. The van der Waals surface area contributed by atoms with E-state index < -0.39 is 6.36 Å². The molecule has 4 nitrogen and oxygen atoms in total. The molecule has 1 heterocycles. The van der Waals surface area contributed by atoms with E-state index in [0.29, 0.717) is 16.0 Å². The summed E-state index contributed by atoms with van der Waals surface area (Å²) in [7, 11) is 0. The van der Waals surface area contributed by atoms with Crippen LogP contribution in [0.5, 0.6) is 5.75 Å². The minimum atomic E-state index is -4.75. The Hall–Kier alpha value is -1.83. The SMILES string of the molecule is Cc1nccc(CNc2ccc(Br)cc2OC(F)(F)F)n1. The Balaban J connectivity index is 2.15. The third-order valence-electron chi connectivity index (χ3n) is 2.46. The number of nitrogens with one attached hydrogen (secondary N) is 1. The first-order chi connectivity index (χ1) is 9.83. The zero-order chi connectivity index (χ0) is 15.5. The molecule has 1 aromatic carbocycles. The molecule has 0 unspecified atom stereocenters. The molecule has 112 valence electrons. The van der Waals surface area contributed by atoms with Crippen LogP contribution in [0.25, 0.3) is 0 Å². The van der Waals surface area contributed by atoms with E-state index in [1.807, 2.05) is 0 Å². The molecule has 1 aromatic heterocycles. The quantitative estimate of drug-likeness (QED) is 0.891. The number of rotatable bonds is 4. The lowest BCUT2D eigenvalue weighted by molar-refractivity contribution is -0.274. The molecule has 0 aliphatic rings. The smallest absolute Gasteiger partial charge is 0.404 e. The molecule has 0 aliphatic heterocycles. The molecule has 2 aromatic rings. The van der Waals surface area contributed by atoms with Crippen molar-refractivity contribution < 1.29 is 17.9 Å². The summed E-state index contributed by atoms with van der Waals surface area (Å²) in [6.07, 6.45) is -3.16. The van der Waals surface area contributed by atoms with E-state index in [9.17, 15) is 13.2 Å². The van der Waals surface area contributed by atoms with Gasteiger partial charge in [-0.05, 0) is 31.2 Å². The van der Waals surface area contributed by atoms with Gasteiger partial charge >= 0.3 is 6.36 Å². The average Bonchev–Trinajstić information content (AvgIpc) is 2.36. The molecule has 0 saturated carbocycles. The first-order valence-electron chi connectivity index (χ1n) is 5.91. The van der Waals surface area contributed by atoms with Crippen molar-refractivity contribution in [2.45, 2.75) is 19.8 Å². The summed E-state index contributed by atoms with van der Waals surface area (Å²) in [5.74, 6) is 0.291. The van der Waals surface area contributed by atoms with Crippen LogP contribution in [-0.2, 0) is 6.54 Å². The van der Waals surface area contributed by atoms with Gasteiger partial charge in [-0.25, -0.2) is 9.97 Å². The Bertz CT molecular complexity index is 634. The number of aryl methyl sites for hydroxylation is 1. The number of hydrogen-bond donors (Lipinski definition) is 1. The van der Waals surface area contributed by atoms with Gasteiger partial charge in [-0.3, -0.25) is 0 Å². The van der Waals surface area contributed by atoms with Crippen LogP contribution in [-0.4, -0.2) is 16.3 Å². The Kier molecular flexibility index (Phi) is 4.66. The van der Waals surface area contributed by atoms with Crippen LogP contribution in [0.3, 0.4) is 0 Å². The fourth-order valence-electron chi connectivity index (χ4n) is 1.64. The topological polar surface area (TPSA) is 47.0 Å². The van der Waals surface area contributed by atoms with Crippen LogP contribution in [0.4, 0.5) is 18.9 Å². The summed E-state index contributed by atoms with van der Waals surface area (Å²) >= 11 is 3.11. The second-order valence-electron chi connectivity index (χ2n) is 4.14. The largest absolute Gasteiger partial charge is 0.573 e. The zero-order valence-electron chi connectivity index (χ0n) is 10.9. The van der Waals surface area contributed by atoms with Crippen LogP contribution in [0, 0.1) is 6.92 Å². The van der Waals surface area contributed by atoms with Crippen LogP contribution in [0.2, 0.25) is 0 Å². The van der Waals surface area contributed by atoms with Crippen LogP contribution in [0.1, 0.15) is 11.5 Å². The van der Waals surface area contributed by atoms with Gasteiger partial charge < -0.3 is 10.1 Å². The Labute approximate surface area is 127 Å². The molecular formula is C13H11BrF3N3O. The maximum absolute atomic E-state index is 12.4.